The smallest absolute Gasteiger partial charge is 0.321 e. The molecule has 2 amide bonds. The van der Waals surface area contributed by atoms with Crippen LogP contribution in [-0.4, -0.2) is 18.0 Å². The molecule has 1 aromatic carbocycles. The van der Waals surface area contributed by atoms with E-state index in [1.807, 2.05) is 24.5 Å². The molecule has 1 aromatic heterocycles. The van der Waals surface area contributed by atoms with Gasteiger partial charge in [0.1, 0.15) is 0 Å². The van der Waals surface area contributed by atoms with Crippen LogP contribution in [0.15, 0.2) is 30.3 Å². The molecule has 0 bridgehead atoms. The Balaban J connectivity index is 1.89. The van der Waals surface area contributed by atoms with Gasteiger partial charge in [-0.3, -0.25) is 0 Å². The maximum atomic E-state index is 11.6. The number of amides is 2. The molecule has 21 heavy (non-hydrogen) atoms. The summed E-state index contributed by atoms with van der Waals surface area (Å²) >= 11 is 5.65. The van der Waals surface area contributed by atoms with Crippen molar-refractivity contribution in [2.75, 3.05) is 12.4 Å². The number of hydrogen-bond acceptors (Lipinski definition) is 2. The van der Waals surface area contributed by atoms with E-state index in [-0.39, 0.29) is 10.9 Å². The van der Waals surface area contributed by atoms with E-state index >= 15 is 0 Å². The van der Waals surface area contributed by atoms with Crippen LogP contribution in [-0.2, 0) is 13.0 Å². The molecule has 5 heteroatoms. The fraction of sp³-hybridized carbons (Fsp3) is 0.312. The van der Waals surface area contributed by atoms with Gasteiger partial charge >= 0.3 is 6.03 Å². The maximum absolute atomic E-state index is 11.6. The number of anilines is 1. The van der Waals surface area contributed by atoms with E-state index in [2.05, 4.69) is 52.4 Å². The lowest BCUT2D eigenvalue weighted by Gasteiger charge is -2.26. The number of carbonyl (C=O) groups is 1. The van der Waals surface area contributed by atoms with Crippen LogP contribution in [0, 0.1) is 0 Å². The quantitative estimate of drug-likeness (QED) is 0.781. The third-order valence-corrected chi connectivity index (χ3v) is 6.32. The second-order valence-corrected chi connectivity index (χ2v) is 7.34. The van der Waals surface area contributed by atoms with E-state index in [0.29, 0.717) is 6.54 Å². The Morgan fingerprint density at radius 2 is 2.19 bits per heavy atom. The molecular formula is C16H17BrN2OS. The number of hydrogen-bond donors (Lipinski definition) is 1. The summed E-state index contributed by atoms with van der Waals surface area (Å²) < 4.78 is 0. The normalized spacial score (nSPS) is 15.6. The van der Waals surface area contributed by atoms with Crippen LogP contribution in [0.5, 0.6) is 0 Å². The standard InChI is InChI=1S/C16H17BrN2OS/c1-3-12-5-7-14(21-12)15(17)10-4-6-13-11(8-10)9-19(2)16(20)18-13/h4-8,15H,3,9H2,1-2H3,(H,18,20). The summed E-state index contributed by atoms with van der Waals surface area (Å²) in [6.07, 6.45) is 1.07. The topological polar surface area (TPSA) is 32.3 Å². The molecule has 1 aliphatic rings. The number of rotatable bonds is 3. The third kappa shape index (κ3) is 2.85. The highest BCUT2D eigenvalue weighted by molar-refractivity contribution is 9.09. The van der Waals surface area contributed by atoms with Crippen LogP contribution in [0.3, 0.4) is 0 Å². The van der Waals surface area contributed by atoms with Crippen LogP contribution in [0.4, 0.5) is 10.5 Å². The fourth-order valence-corrected chi connectivity index (χ4v) is 4.12. The van der Waals surface area contributed by atoms with Crippen molar-refractivity contribution in [3.05, 3.63) is 51.2 Å². The second kappa shape index (κ2) is 5.81. The molecule has 0 aliphatic carbocycles. The lowest BCUT2D eigenvalue weighted by molar-refractivity contribution is 0.218. The van der Waals surface area contributed by atoms with Crippen molar-refractivity contribution in [3.8, 4) is 0 Å². The van der Waals surface area contributed by atoms with Gasteiger partial charge in [0, 0.05) is 29.0 Å². The summed E-state index contributed by atoms with van der Waals surface area (Å²) in [5.74, 6) is 0. The Bertz CT molecular complexity index is 683. The number of thiophene rings is 1. The van der Waals surface area contributed by atoms with Gasteiger partial charge in [-0.2, -0.15) is 0 Å². The number of alkyl halides is 1. The van der Waals surface area contributed by atoms with Gasteiger partial charge in [0.25, 0.3) is 0 Å². The predicted molar refractivity (Wildman–Crippen MR) is 91.4 cm³/mol. The zero-order valence-corrected chi connectivity index (χ0v) is 14.4. The highest BCUT2D eigenvalue weighted by atomic mass is 79.9. The first kappa shape index (κ1) is 14.6. The van der Waals surface area contributed by atoms with Crippen molar-refractivity contribution in [2.24, 2.45) is 0 Å². The summed E-state index contributed by atoms with van der Waals surface area (Å²) in [4.78, 5) is 16.3. The Hall–Kier alpha value is -1.33. The summed E-state index contributed by atoms with van der Waals surface area (Å²) in [5, 5.41) is 2.90. The van der Waals surface area contributed by atoms with Gasteiger partial charge in [0.2, 0.25) is 0 Å². The molecule has 3 rings (SSSR count). The Morgan fingerprint density at radius 3 is 2.90 bits per heavy atom. The molecule has 2 heterocycles. The van der Waals surface area contributed by atoms with Gasteiger partial charge in [0.05, 0.1) is 4.83 Å². The first-order valence-corrected chi connectivity index (χ1v) is 8.69. The molecule has 1 aliphatic heterocycles. The van der Waals surface area contributed by atoms with E-state index in [0.717, 1.165) is 17.7 Å². The van der Waals surface area contributed by atoms with Gasteiger partial charge in [-0.25, -0.2) is 4.79 Å². The number of nitrogens with zero attached hydrogens (tertiary/aromatic N) is 1. The van der Waals surface area contributed by atoms with Crippen molar-refractivity contribution in [1.82, 2.24) is 4.90 Å². The van der Waals surface area contributed by atoms with E-state index < -0.39 is 0 Å². The van der Waals surface area contributed by atoms with E-state index in [9.17, 15) is 4.79 Å². The largest absolute Gasteiger partial charge is 0.323 e. The van der Waals surface area contributed by atoms with Crippen LogP contribution < -0.4 is 5.32 Å². The lowest BCUT2D eigenvalue weighted by atomic mass is 10.0. The highest BCUT2D eigenvalue weighted by Gasteiger charge is 2.21. The molecule has 0 spiro atoms. The zero-order valence-electron chi connectivity index (χ0n) is 12.0. The van der Waals surface area contributed by atoms with Crippen molar-refractivity contribution in [3.63, 3.8) is 0 Å². The molecule has 1 N–H and O–H groups in total. The van der Waals surface area contributed by atoms with Crippen LogP contribution in [0.25, 0.3) is 0 Å². The number of nitrogens with one attached hydrogen (secondary N) is 1. The van der Waals surface area contributed by atoms with Crippen LogP contribution in [0.2, 0.25) is 0 Å². The first-order chi connectivity index (χ1) is 10.1. The van der Waals surface area contributed by atoms with E-state index in [1.54, 1.807) is 4.90 Å². The summed E-state index contributed by atoms with van der Waals surface area (Å²) in [5.41, 5.74) is 3.30. The minimum absolute atomic E-state index is 0.0449. The number of aryl methyl sites for hydroxylation is 1. The zero-order chi connectivity index (χ0) is 15.0. The predicted octanol–water partition coefficient (Wildman–Crippen LogP) is 4.77. The molecule has 110 valence electrons. The molecular weight excluding hydrogens is 348 g/mol. The van der Waals surface area contributed by atoms with E-state index in [1.165, 1.54) is 15.3 Å². The average molecular weight is 365 g/mol. The number of carbonyl (C=O) groups excluding carboxylic acids is 1. The number of urea groups is 1. The first-order valence-electron chi connectivity index (χ1n) is 6.96. The highest BCUT2D eigenvalue weighted by Crippen LogP contribution is 2.37. The second-order valence-electron chi connectivity index (χ2n) is 5.22. The SMILES string of the molecule is CCc1ccc(C(Br)c2ccc3c(c2)CN(C)C(=O)N3)s1. The molecule has 1 unspecified atom stereocenters. The van der Waals surface area contributed by atoms with Crippen molar-refractivity contribution >= 4 is 39.0 Å². The Kier molecular flexibility index (Phi) is 4.04. The minimum Gasteiger partial charge on any atom is -0.323 e. The Morgan fingerprint density at radius 1 is 1.38 bits per heavy atom. The average Bonchev–Trinajstić information content (AvgIpc) is 2.96. The van der Waals surface area contributed by atoms with Gasteiger partial charge in [0.15, 0.2) is 0 Å². The van der Waals surface area contributed by atoms with Gasteiger partial charge in [-0.1, -0.05) is 35.0 Å². The minimum atomic E-state index is -0.0449. The van der Waals surface area contributed by atoms with E-state index in [4.69, 9.17) is 0 Å². The number of benzene rings is 1. The van der Waals surface area contributed by atoms with Crippen molar-refractivity contribution in [2.45, 2.75) is 24.7 Å². The number of fused-ring (bicyclic) bond motifs is 1. The third-order valence-electron chi connectivity index (χ3n) is 3.70. The van der Waals surface area contributed by atoms with Gasteiger partial charge < -0.3 is 10.2 Å². The summed E-state index contributed by atoms with van der Waals surface area (Å²) in [7, 11) is 1.81. The van der Waals surface area contributed by atoms with Crippen molar-refractivity contribution < 1.29 is 4.79 Å². The molecule has 0 radical (unpaired) electrons. The maximum Gasteiger partial charge on any atom is 0.321 e. The molecule has 0 saturated heterocycles. The summed E-state index contributed by atoms with van der Waals surface area (Å²) in [6.45, 7) is 2.83. The summed E-state index contributed by atoms with van der Waals surface area (Å²) in [6, 6.07) is 10.6. The fourth-order valence-electron chi connectivity index (χ4n) is 2.45. The lowest BCUT2D eigenvalue weighted by Crippen LogP contribution is -2.35. The molecule has 0 fully saturated rings. The molecule has 3 nitrogen and oxygen atoms in total. The number of halogens is 1. The molecule has 2 aromatic rings. The van der Waals surface area contributed by atoms with Gasteiger partial charge in [-0.15, -0.1) is 11.3 Å². The molecule has 1 atom stereocenters. The van der Waals surface area contributed by atoms with Gasteiger partial charge in [-0.05, 0) is 35.7 Å². The monoisotopic (exact) mass is 364 g/mol. The van der Waals surface area contributed by atoms with Crippen molar-refractivity contribution in [1.29, 1.82) is 0 Å². The Labute approximate surface area is 137 Å². The van der Waals surface area contributed by atoms with Crippen LogP contribution in [0.1, 0.15) is 32.6 Å². The molecule has 0 saturated carbocycles. The van der Waals surface area contributed by atoms with Crippen LogP contribution >= 0.6 is 27.3 Å².